The minimum atomic E-state index is 0.436. The minimum absolute atomic E-state index is 0.436. The van der Waals surface area contributed by atoms with Crippen molar-refractivity contribution in [3.05, 3.63) is 12.2 Å². The van der Waals surface area contributed by atoms with E-state index < -0.39 is 0 Å². The predicted octanol–water partition coefficient (Wildman–Crippen LogP) is 2.03. The number of allylic oxidation sites excluding steroid dienone is 1. The number of nitrogens with two attached hydrogens (primary N) is 1. The first-order valence-electron chi connectivity index (χ1n) is 4.17. The molecule has 1 aliphatic rings. The lowest BCUT2D eigenvalue weighted by Crippen LogP contribution is -2.20. The summed E-state index contributed by atoms with van der Waals surface area (Å²) in [6.07, 6.45) is 5.67. The van der Waals surface area contributed by atoms with Crippen LogP contribution in [0.25, 0.3) is 0 Å². The van der Waals surface area contributed by atoms with E-state index in [1.165, 1.54) is 12.2 Å². The van der Waals surface area contributed by atoms with Gasteiger partial charge in [0.25, 0.3) is 0 Å². The molecule has 64 valence electrons. The zero-order valence-electron chi connectivity index (χ0n) is 7.34. The highest BCUT2D eigenvalue weighted by Crippen LogP contribution is 2.42. The first kappa shape index (κ1) is 9.14. The van der Waals surface area contributed by atoms with Gasteiger partial charge in [-0.15, -0.1) is 0 Å². The molecule has 0 spiro atoms. The van der Waals surface area contributed by atoms with Crippen LogP contribution in [0.1, 0.15) is 20.3 Å². The van der Waals surface area contributed by atoms with Crippen LogP contribution in [0.4, 0.5) is 0 Å². The Morgan fingerprint density at radius 3 is 2.82 bits per heavy atom. The van der Waals surface area contributed by atoms with Crippen molar-refractivity contribution in [2.45, 2.75) is 25.0 Å². The molecule has 1 rings (SSSR count). The summed E-state index contributed by atoms with van der Waals surface area (Å²) in [5, 5.41) is 0. The monoisotopic (exact) mass is 171 g/mol. The molecule has 1 saturated heterocycles. The minimum Gasteiger partial charge on any atom is -0.327 e. The van der Waals surface area contributed by atoms with Crippen molar-refractivity contribution in [1.29, 1.82) is 0 Å². The largest absolute Gasteiger partial charge is 0.327 e. The molecule has 1 nitrogen and oxygen atoms in total. The molecular weight excluding hydrogens is 154 g/mol. The molecular formula is C9H17NS. The standard InChI is InChI=1S/C9H17NS/c1-9(2)8(4-3-6-10)5-7-11-9/h3-4,8H,5-7,10H2,1-2H3/b4-3+. The highest BCUT2D eigenvalue weighted by molar-refractivity contribution is 8.00. The lowest BCUT2D eigenvalue weighted by Gasteiger charge is -2.22. The van der Waals surface area contributed by atoms with Crippen LogP contribution in [0.3, 0.4) is 0 Å². The number of hydrogen-bond acceptors (Lipinski definition) is 2. The smallest absolute Gasteiger partial charge is 0.0166 e. The van der Waals surface area contributed by atoms with E-state index in [0.717, 1.165) is 5.92 Å². The van der Waals surface area contributed by atoms with E-state index in [4.69, 9.17) is 5.73 Å². The van der Waals surface area contributed by atoms with E-state index in [9.17, 15) is 0 Å². The Labute approximate surface area is 73.4 Å². The lowest BCUT2D eigenvalue weighted by molar-refractivity contribution is 0.528. The average molecular weight is 171 g/mol. The van der Waals surface area contributed by atoms with Crippen LogP contribution in [0.15, 0.2) is 12.2 Å². The second-order valence-electron chi connectivity index (χ2n) is 3.51. The zero-order valence-corrected chi connectivity index (χ0v) is 8.16. The maximum Gasteiger partial charge on any atom is 0.0166 e. The second kappa shape index (κ2) is 3.63. The summed E-state index contributed by atoms with van der Waals surface area (Å²) < 4.78 is 0.436. The second-order valence-corrected chi connectivity index (χ2v) is 5.26. The molecule has 0 bridgehead atoms. The fraction of sp³-hybridized carbons (Fsp3) is 0.778. The van der Waals surface area contributed by atoms with Crippen molar-refractivity contribution in [1.82, 2.24) is 0 Å². The third-order valence-corrected chi connectivity index (χ3v) is 3.79. The molecule has 0 aromatic rings. The average Bonchev–Trinajstić information content (AvgIpc) is 2.25. The van der Waals surface area contributed by atoms with Crippen molar-refractivity contribution in [2.24, 2.45) is 11.7 Å². The summed E-state index contributed by atoms with van der Waals surface area (Å²) >= 11 is 2.07. The van der Waals surface area contributed by atoms with Gasteiger partial charge in [0.15, 0.2) is 0 Å². The molecule has 11 heavy (non-hydrogen) atoms. The first-order chi connectivity index (χ1) is 5.17. The van der Waals surface area contributed by atoms with Gasteiger partial charge in [0.2, 0.25) is 0 Å². The van der Waals surface area contributed by atoms with Gasteiger partial charge in [-0.25, -0.2) is 0 Å². The van der Waals surface area contributed by atoms with E-state index in [0.29, 0.717) is 11.3 Å². The lowest BCUT2D eigenvalue weighted by atomic mass is 9.92. The summed E-state index contributed by atoms with van der Waals surface area (Å²) in [5.41, 5.74) is 5.40. The number of rotatable bonds is 2. The van der Waals surface area contributed by atoms with Crippen LogP contribution in [0, 0.1) is 5.92 Å². The Hall–Kier alpha value is 0.0500. The first-order valence-corrected chi connectivity index (χ1v) is 5.16. The Bertz CT molecular complexity index is 152. The van der Waals surface area contributed by atoms with E-state index in [1.807, 2.05) is 0 Å². The molecule has 0 saturated carbocycles. The Kier molecular flexibility index (Phi) is 3.02. The molecule has 0 amide bonds. The third-order valence-electron chi connectivity index (χ3n) is 2.30. The Balaban J connectivity index is 2.51. The van der Waals surface area contributed by atoms with Crippen molar-refractivity contribution in [3.8, 4) is 0 Å². The molecule has 0 aliphatic carbocycles. The molecule has 1 heterocycles. The summed E-state index contributed by atoms with van der Waals surface area (Å²) in [6.45, 7) is 5.31. The molecule has 0 aromatic heterocycles. The van der Waals surface area contributed by atoms with Crippen LogP contribution in [-0.4, -0.2) is 17.0 Å². The van der Waals surface area contributed by atoms with Crippen molar-refractivity contribution >= 4 is 11.8 Å². The highest BCUT2D eigenvalue weighted by atomic mass is 32.2. The van der Waals surface area contributed by atoms with Gasteiger partial charge in [0.05, 0.1) is 0 Å². The number of hydrogen-bond donors (Lipinski definition) is 1. The topological polar surface area (TPSA) is 26.0 Å². The van der Waals surface area contributed by atoms with Crippen LogP contribution in [0.2, 0.25) is 0 Å². The third kappa shape index (κ3) is 2.24. The van der Waals surface area contributed by atoms with Gasteiger partial charge in [-0.2, -0.15) is 11.8 Å². The van der Waals surface area contributed by atoms with Crippen LogP contribution in [-0.2, 0) is 0 Å². The molecule has 2 N–H and O–H groups in total. The fourth-order valence-electron chi connectivity index (χ4n) is 1.47. The van der Waals surface area contributed by atoms with Crippen LogP contribution >= 0.6 is 11.8 Å². The van der Waals surface area contributed by atoms with Gasteiger partial charge in [-0.3, -0.25) is 0 Å². The molecule has 0 radical (unpaired) electrons. The SMILES string of the molecule is CC1(C)SCCC1/C=C/CN. The van der Waals surface area contributed by atoms with Gasteiger partial charge >= 0.3 is 0 Å². The Morgan fingerprint density at radius 2 is 2.36 bits per heavy atom. The van der Waals surface area contributed by atoms with Gasteiger partial charge in [-0.05, 0) is 18.1 Å². The van der Waals surface area contributed by atoms with Gasteiger partial charge in [-0.1, -0.05) is 26.0 Å². The highest BCUT2D eigenvalue weighted by Gasteiger charge is 2.32. The Morgan fingerprint density at radius 1 is 1.64 bits per heavy atom. The molecule has 1 aliphatic heterocycles. The summed E-state index contributed by atoms with van der Waals surface area (Å²) in [6, 6.07) is 0. The predicted molar refractivity (Wildman–Crippen MR) is 52.8 cm³/mol. The summed E-state index contributed by atoms with van der Waals surface area (Å²) in [5.74, 6) is 2.03. The van der Waals surface area contributed by atoms with Gasteiger partial charge < -0.3 is 5.73 Å². The van der Waals surface area contributed by atoms with E-state index in [1.54, 1.807) is 0 Å². The molecule has 1 unspecified atom stereocenters. The molecule has 1 atom stereocenters. The maximum atomic E-state index is 5.40. The number of thioether (sulfide) groups is 1. The van der Waals surface area contributed by atoms with E-state index in [-0.39, 0.29) is 0 Å². The summed E-state index contributed by atoms with van der Waals surface area (Å²) in [4.78, 5) is 0. The van der Waals surface area contributed by atoms with Crippen molar-refractivity contribution in [2.75, 3.05) is 12.3 Å². The van der Waals surface area contributed by atoms with E-state index in [2.05, 4.69) is 37.8 Å². The van der Waals surface area contributed by atoms with Crippen molar-refractivity contribution < 1.29 is 0 Å². The quantitative estimate of drug-likeness (QED) is 0.643. The molecule has 2 heteroatoms. The molecule has 0 aromatic carbocycles. The molecule has 1 fully saturated rings. The van der Waals surface area contributed by atoms with Crippen LogP contribution < -0.4 is 5.73 Å². The van der Waals surface area contributed by atoms with E-state index >= 15 is 0 Å². The fourth-order valence-corrected chi connectivity index (χ4v) is 2.78. The maximum absolute atomic E-state index is 5.40. The van der Waals surface area contributed by atoms with Crippen LogP contribution in [0.5, 0.6) is 0 Å². The van der Waals surface area contributed by atoms with Gasteiger partial charge in [0, 0.05) is 11.3 Å². The normalized spacial score (nSPS) is 29.9. The summed E-state index contributed by atoms with van der Waals surface area (Å²) in [7, 11) is 0. The van der Waals surface area contributed by atoms with Crippen molar-refractivity contribution in [3.63, 3.8) is 0 Å². The zero-order chi connectivity index (χ0) is 8.32. The van der Waals surface area contributed by atoms with Gasteiger partial charge in [0.1, 0.15) is 0 Å².